The first-order chi connectivity index (χ1) is 17.4. The molecule has 4 rings (SSSR count). The van der Waals surface area contributed by atoms with Crippen LogP contribution in [0, 0.1) is 5.82 Å². The van der Waals surface area contributed by atoms with Crippen LogP contribution < -0.4 is 28.6 Å². The molecule has 9 nitrogen and oxygen atoms in total. The van der Waals surface area contributed by atoms with Gasteiger partial charge < -0.3 is 24.3 Å². The normalized spacial score (nSPS) is 12.5. The van der Waals surface area contributed by atoms with Gasteiger partial charge in [-0.3, -0.25) is 9.10 Å². The summed E-state index contributed by atoms with van der Waals surface area (Å²) in [4.78, 5) is 12.6. The van der Waals surface area contributed by atoms with Gasteiger partial charge in [-0.2, -0.15) is 0 Å². The minimum Gasteiger partial charge on any atom is -0.497 e. The lowest BCUT2D eigenvalue weighted by molar-refractivity contribution is -0.119. The third kappa shape index (κ3) is 5.98. The number of carbonyl (C=O) groups is 1. The SMILES string of the molecule is COc1ccc(OCCNC(=O)CN(c2ccc(F)cc2)S(=O)(=O)c2ccc3c(c2)OCCO3)cc1. The van der Waals surface area contributed by atoms with Gasteiger partial charge in [-0.05, 0) is 60.7 Å². The zero-order valence-electron chi connectivity index (χ0n) is 19.5. The van der Waals surface area contributed by atoms with Crippen LogP contribution in [0.25, 0.3) is 0 Å². The number of ether oxygens (including phenoxy) is 4. The molecule has 0 unspecified atom stereocenters. The minimum absolute atomic E-state index is 0.0910. The van der Waals surface area contributed by atoms with Gasteiger partial charge in [-0.15, -0.1) is 0 Å². The van der Waals surface area contributed by atoms with Gasteiger partial charge in [0.25, 0.3) is 10.0 Å². The number of nitrogens with zero attached hydrogens (tertiary/aromatic N) is 1. The summed E-state index contributed by atoms with van der Waals surface area (Å²) in [5, 5.41) is 2.65. The van der Waals surface area contributed by atoms with Gasteiger partial charge in [0.05, 0.1) is 24.2 Å². The Morgan fingerprint density at radius 2 is 1.64 bits per heavy atom. The molecule has 0 spiro atoms. The van der Waals surface area contributed by atoms with E-state index in [1.165, 1.54) is 30.3 Å². The number of sulfonamides is 1. The van der Waals surface area contributed by atoms with Crippen LogP contribution in [0.3, 0.4) is 0 Å². The van der Waals surface area contributed by atoms with E-state index < -0.39 is 28.3 Å². The predicted molar refractivity (Wildman–Crippen MR) is 130 cm³/mol. The van der Waals surface area contributed by atoms with E-state index in [0.717, 1.165) is 16.4 Å². The molecule has 0 aromatic heterocycles. The second kappa shape index (κ2) is 11.2. The quantitative estimate of drug-likeness (QED) is 0.413. The van der Waals surface area contributed by atoms with Gasteiger partial charge in [0, 0.05) is 6.07 Å². The van der Waals surface area contributed by atoms with Crippen molar-refractivity contribution >= 4 is 21.6 Å². The maximum Gasteiger partial charge on any atom is 0.264 e. The Bertz CT molecular complexity index is 1300. The number of amides is 1. The molecule has 1 N–H and O–H groups in total. The third-order valence-electron chi connectivity index (χ3n) is 5.26. The van der Waals surface area contributed by atoms with Crippen LogP contribution >= 0.6 is 0 Å². The number of benzene rings is 3. The Morgan fingerprint density at radius 3 is 2.33 bits per heavy atom. The number of rotatable bonds is 10. The minimum atomic E-state index is -4.20. The van der Waals surface area contributed by atoms with E-state index in [4.69, 9.17) is 18.9 Å². The molecule has 1 aliphatic rings. The van der Waals surface area contributed by atoms with E-state index in [0.29, 0.717) is 36.2 Å². The first-order valence-electron chi connectivity index (χ1n) is 11.1. The standard InChI is InChI=1S/C25H25FN2O7S/c1-32-20-6-8-21(9-7-20)33-13-12-27-25(29)17-28(19-4-2-18(26)3-5-19)36(30,31)22-10-11-23-24(16-22)35-15-14-34-23/h2-11,16H,12-15,17H2,1H3,(H,27,29). The summed E-state index contributed by atoms with van der Waals surface area (Å²) in [5.41, 5.74) is 0.135. The maximum absolute atomic E-state index is 13.5. The summed E-state index contributed by atoms with van der Waals surface area (Å²) in [5.74, 6) is 0.925. The number of nitrogens with one attached hydrogen (secondary N) is 1. The van der Waals surface area contributed by atoms with Crippen LogP contribution in [0.5, 0.6) is 23.0 Å². The van der Waals surface area contributed by atoms with Crippen molar-refractivity contribution in [3.63, 3.8) is 0 Å². The summed E-state index contributed by atoms with van der Waals surface area (Å²) in [7, 11) is -2.64. The summed E-state index contributed by atoms with van der Waals surface area (Å²) in [6.45, 7) is 0.447. The third-order valence-corrected chi connectivity index (χ3v) is 7.03. The summed E-state index contributed by atoms with van der Waals surface area (Å²) < 4.78 is 63.1. The summed E-state index contributed by atoms with van der Waals surface area (Å²) in [6.07, 6.45) is 0. The Kier molecular flexibility index (Phi) is 7.79. The zero-order valence-corrected chi connectivity index (χ0v) is 20.3. The number of halogens is 1. The van der Waals surface area contributed by atoms with Gasteiger partial charge >= 0.3 is 0 Å². The molecular formula is C25H25FN2O7S. The van der Waals surface area contributed by atoms with Crippen molar-refractivity contribution < 1.29 is 36.6 Å². The first kappa shape index (κ1) is 25.1. The van der Waals surface area contributed by atoms with Crippen molar-refractivity contribution in [3.05, 3.63) is 72.5 Å². The van der Waals surface area contributed by atoms with E-state index >= 15 is 0 Å². The van der Waals surface area contributed by atoms with Crippen LogP contribution in [-0.4, -0.2) is 54.3 Å². The molecule has 36 heavy (non-hydrogen) atoms. The van der Waals surface area contributed by atoms with E-state index in [1.54, 1.807) is 31.4 Å². The molecule has 0 saturated heterocycles. The van der Waals surface area contributed by atoms with Crippen LogP contribution in [0.2, 0.25) is 0 Å². The highest BCUT2D eigenvalue weighted by molar-refractivity contribution is 7.92. The number of methoxy groups -OCH3 is 1. The second-order valence-electron chi connectivity index (χ2n) is 7.67. The molecule has 1 aliphatic heterocycles. The van der Waals surface area contributed by atoms with E-state index in [2.05, 4.69) is 5.32 Å². The van der Waals surface area contributed by atoms with Crippen LogP contribution in [0.4, 0.5) is 10.1 Å². The molecule has 11 heteroatoms. The molecule has 0 fully saturated rings. The number of carbonyl (C=O) groups excluding carboxylic acids is 1. The highest BCUT2D eigenvalue weighted by Crippen LogP contribution is 2.34. The lowest BCUT2D eigenvalue weighted by Crippen LogP contribution is -2.42. The van der Waals surface area contributed by atoms with Crippen LogP contribution in [0.15, 0.2) is 71.6 Å². The van der Waals surface area contributed by atoms with Crippen molar-refractivity contribution in [2.24, 2.45) is 0 Å². The van der Waals surface area contributed by atoms with Gasteiger partial charge in [0.1, 0.15) is 43.7 Å². The van der Waals surface area contributed by atoms with Gasteiger partial charge in [0.2, 0.25) is 5.91 Å². The molecule has 0 saturated carbocycles. The number of fused-ring (bicyclic) bond motifs is 1. The molecule has 0 atom stereocenters. The molecule has 0 aliphatic carbocycles. The van der Waals surface area contributed by atoms with Crippen molar-refractivity contribution in [1.29, 1.82) is 0 Å². The van der Waals surface area contributed by atoms with Crippen molar-refractivity contribution in [1.82, 2.24) is 5.32 Å². The Morgan fingerprint density at radius 1 is 0.972 bits per heavy atom. The lowest BCUT2D eigenvalue weighted by Gasteiger charge is -2.25. The average Bonchev–Trinajstić information content (AvgIpc) is 2.90. The molecule has 0 radical (unpaired) electrons. The van der Waals surface area contributed by atoms with Crippen LogP contribution in [-0.2, 0) is 14.8 Å². The summed E-state index contributed by atoms with van der Waals surface area (Å²) >= 11 is 0. The van der Waals surface area contributed by atoms with Gasteiger partial charge in [-0.25, -0.2) is 12.8 Å². The van der Waals surface area contributed by atoms with Crippen molar-refractivity contribution in [2.45, 2.75) is 4.90 Å². The van der Waals surface area contributed by atoms with Crippen LogP contribution in [0.1, 0.15) is 0 Å². The maximum atomic E-state index is 13.5. The molecule has 1 amide bonds. The second-order valence-corrected chi connectivity index (χ2v) is 9.53. The topological polar surface area (TPSA) is 103 Å². The number of hydrogen-bond donors (Lipinski definition) is 1. The Hall–Kier alpha value is -3.99. The average molecular weight is 517 g/mol. The Balaban J connectivity index is 1.45. The number of anilines is 1. The monoisotopic (exact) mass is 516 g/mol. The van der Waals surface area contributed by atoms with Gasteiger partial charge in [-0.1, -0.05) is 0 Å². The van der Waals surface area contributed by atoms with Gasteiger partial charge in [0.15, 0.2) is 11.5 Å². The van der Waals surface area contributed by atoms with E-state index in [-0.39, 0.29) is 23.7 Å². The van der Waals surface area contributed by atoms with E-state index in [1.807, 2.05) is 0 Å². The highest BCUT2D eigenvalue weighted by Gasteiger charge is 2.29. The zero-order chi connectivity index (χ0) is 25.5. The number of hydrogen-bond acceptors (Lipinski definition) is 7. The van der Waals surface area contributed by atoms with Crippen molar-refractivity contribution in [2.75, 3.05) is 44.3 Å². The fourth-order valence-corrected chi connectivity index (χ4v) is 4.89. The van der Waals surface area contributed by atoms with E-state index in [9.17, 15) is 17.6 Å². The fraction of sp³-hybridized carbons (Fsp3) is 0.240. The smallest absolute Gasteiger partial charge is 0.264 e. The lowest BCUT2D eigenvalue weighted by atomic mass is 10.3. The molecule has 3 aromatic rings. The molecule has 3 aromatic carbocycles. The first-order valence-corrected chi connectivity index (χ1v) is 12.5. The predicted octanol–water partition coefficient (Wildman–Crippen LogP) is 3.00. The Labute approximate surface area is 208 Å². The molecule has 1 heterocycles. The molecule has 0 bridgehead atoms. The largest absolute Gasteiger partial charge is 0.497 e. The highest BCUT2D eigenvalue weighted by atomic mass is 32.2. The molecule has 190 valence electrons. The van der Waals surface area contributed by atoms with Crippen molar-refractivity contribution in [3.8, 4) is 23.0 Å². The molecular weight excluding hydrogens is 491 g/mol. The summed E-state index contributed by atoms with van der Waals surface area (Å²) in [6, 6.07) is 16.0. The fourth-order valence-electron chi connectivity index (χ4n) is 3.45.